The van der Waals surface area contributed by atoms with E-state index >= 15 is 0 Å². The number of ether oxygens (including phenoxy) is 1. The van der Waals surface area contributed by atoms with Crippen LogP contribution in [0.1, 0.15) is 27.0 Å². The molecule has 0 fully saturated rings. The fourth-order valence-electron chi connectivity index (χ4n) is 2.48. The second kappa shape index (κ2) is 9.65. The van der Waals surface area contributed by atoms with Crippen LogP contribution in [0.15, 0.2) is 36.4 Å². The Labute approximate surface area is 171 Å². The number of hydrogen-bond donors (Lipinski definition) is 2. The van der Waals surface area contributed by atoms with Crippen LogP contribution in [0.25, 0.3) is 0 Å². The summed E-state index contributed by atoms with van der Waals surface area (Å²) < 4.78 is 43.0. The number of halogens is 4. The number of nitrogens with one attached hydrogen (secondary N) is 2. The maximum Gasteiger partial charge on any atom is 0.416 e. The highest BCUT2D eigenvalue weighted by Crippen LogP contribution is 2.29. The SMILES string of the molecule is Cc1cc(OCC(=O)NCCNC(=O)c2ccc(C(F)(F)F)cc2)cc(C)c1Cl. The maximum atomic E-state index is 12.5. The van der Waals surface area contributed by atoms with Gasteiger partial charge in [0.2, 0.25) is 0 Å². The van der Waals surface area contributed by atoms with Crippen molar-refractivity contribution in [1.29, 1.82) is 0 Å². The molecule has 0 aromatic heterocycles. The summed E-state index contributed by atoms with van der Waals surface area (Å²) in [5.41, 5.74) is 0.953. The van der Waals surface area contributed by atoms with Crippen molar-refractivity contribution in [3.05, 3.63) is 63.7 Å². The van der Waals surface area contributed by atoms with Crippen molar-refractivity contribution in [3.8, 4) is 5.75 Å². The molecule has 29 heavy (non-hydrogen) atoms. The molecule has 0 saturated heterocycles. The molecule has 0 aliphatic rings. The molecule has 0 aliphatic carbocycles. The van der Waals surface area contributed by atoms with E-state index < -0.39 is 17.6 Å². The second-order valence-corrected chi connectivity index (χ2v) is 6.72. The Balaban J connectivity index is 1.72. The summed E-state index contributed by atoms with van der Waals surface area (Å²) in [6.07, 6.45) is -4.45. The van der Waals surface area contributed by atoms with Crippen LogP contribution in [0, 0.1) is 13.8 Å². The van der Waals surface area contributed by atoms with E-state index in [4.69, 9.17) is 16.3 Å². The van der Waals surface area contributed by atoms with Gasteiger partial charge >= 0.3 is 6.18 Å². The molecule has 5 nitrogen and oxygen atoms in total. The van der Waals surface area contributed by atoms with Gasteiger partial charge in [-0.2, -0.15) is 13.2 Å². The first kappa shape index (κ1) is 22.5. The highest BCUT2D eigenvalue weighted by molar-refractivity contribution is 6.32. The zero-order chi connectivity index (χ0) is 21.6. The Hall–Kier alpha value is -2.74. The molecule has 0 heterocycles. The fraction of sp³-hybridized carbons (Fsp3) is 0.300. The van der Waals surface area contributed by atoms with Crippen molar-refractivity contribution in [2.45, 2.75) is 20.0 Å². The predicted octanol–water partition coefficient (Wildman–Crippen LogP) is 3.90. The second-order valence-electron chi connectivity index (χ2n) is 6.34. The standard InChI is InChI=1S/C20H20ClF3N2O3/c1-12-9-16(10-13(2)18(12)21)29-11-17(27)25-7-8-26-19(28)14-3-5-15(6-4-14)20(22,23)24/h3-6,9-10H,7-8,11H2,1-2H3,(H,25,27)(H,26,28). The summed E-state index contributed by atoms with van der Waals surface area (Å²) in [5.74, 6) is -0.384. The lowest BCUT2D eigenvalue weighted by molar-refractivity contribution is -0.137. The van der Waals surface area contributed by atoms with Crippen molar-refractivity contribution in [3.63, 3.8) is 0 Å². The van der Waals surface area contributed by atoms with Crippen molar-refractivity contribution < 1.29 is 27.5 Å². The summed E-state index contributed by atoms with van der Waals surface area (Å²) in [7, 11) is 0. The van der Waals surface area contributed by atoms with E-state index in [1.54, 1.807) is 12.1 Å². The minimum atomic E-state index is -4.45. The van der Waals surface area contributed by atoms with Crippen LogP contribution >= 0.6 is 11.6 Å². The zero-order valence-corrected chi connectivity index (χ0v) is 16.6. The van der Waals surface area contributed by atoms with Gasteiger partial charge in [-0.3, -0.25) is 9.59 Å². The third-order valence-corrected chi connectivity index (χ3v) is 4.58. The van der Waals surface area contributed by atoms with Gasteiger partial charge < -0.3 is 15.4 Å². The topological polar surface area (TPSA) is 67.4 Å². The van der Waals surface area contributed by atoms with Crippen LogP contribution in [0.2, 0.25) is 5.02 Å². The van der Waals surface area contributed by atoms with E-state index in [1.807, 2.05) is 13.8 Å². The molecule has 2 amide bonds. The van der Waals surface area contributed by atoms with Gasteiger partial charge in [0.05, 0.1) is 5.56 Å². The summed E-state index contributed by atoms with van der Waals surface area (Å²) in [5, 5.41) is 5.74. The molecule has 0 radical (unpaired) electrons. The molecule has 156 valence electrons. The monoisotopic (exact) mass is 428 g/mol. The molecule has 0 saturated carbocycles. The average molecular weight is 429 g/mol. The van der Waals surface area contributed by atoms with Crippen LogP contribution in [-0.4, -0.2) is 31.5 Å². The lowest BCUT2D eigenvalue weighted by Crippen LogP contribution is -2.36. The number of alkyl halides is 3. The van der Waals surface area contributed by atoms with Crippen LogP contribution in [0.5, 0.6) is 5.75 Å². The molecule has 9 heteroatoms. The average Bonchev–Trinajstić information content (AvgIpc) is 2.67. The molecule has 2 aromatic carbocycles. The minimum absolute atomic E-state index is 0.0983. The van der Waals surface area contributed by atoms with Crippen molar-refractivity contribution in [2.75, 3.05) is 19.7 Å². The largest absolute Gasteiger partial charge is 0.484 e. The zero-order valence-electron chi connectivity index (χ0n) is 15.8. The lowest BCUT2D eigenvalue weighted by Gasteiger charge is -2.11. The van der Waals surface area contributed by atoms with E-state index in [9.17, 15) is 22.8 Å². The van der Waals surface area contributed by atoms with Crippen LogP contribution in [-0.2, 0) is 11.0 Å². The van der Waals surface area contributed by atoms with E-state index in [2.05, 4.69) is 10.6 Å². The number of rotatable bonds is 7. The van der Waals surface area contributed by atoms with E-state index in [-0.39, 0.29) is 31.2 Å². The quantitative estimate of drug-likeness (QED) is 0.657. The Morgan fingerprint density at radius 2 is 1.55 bits per heavy atom. The molecular weight excluding hydrogens is 409 g/mol. The van der Waals surface area contributed by atoms with Gasteiger partial charge in [-0.15, -0.1) is 0 Å². The Bertz CT molecular complexity index is 861. The molecule has 2 aromatic rings. The summed E-state index contributed by atoms with van der Waals surface area (Å²) >= 11 is 6.07. The van der Waals surface area contributed by atoms with Gasteiger partial charge in [-0.25, -0.2) is 0 Å². The molecule has 0 spiro atoms. The lowest BCUT2D eigenvalue weighted by atomic mass is 10.1. The fourth-order valence-corrected chi connectivity index (χ4v) is 2.59. The number of carbonyl (C=O) groups excluding carboxylic acids is 2. The van der Waals surface area contributed by atoms with Gasteiger partial charge in [-0.1, -0.05) is 11.6 Å². The minimum Gasteiger partial charge on any atom is -0.484 e. The summed E-state index contributed by atoms with van der Waals surface area (Å²) in [6.45, 7) is 3.73. The first-order valence-corrected chi connectivity index (χ1v) is 9.07. The normalized spacial score (nSPS) is 11.1. The molecule has 0 bridgehead atoms. The summed E-state index contributed by atoms with van der Waals surface area (Å²) in [6, 6.07) is 7.34. The van der Waals surface area contributed by atoms with Gasteiger partial charge in [0, 0.05) is 23.7 Å². The smallest absolute Gasteiger partial charge is 0.416 e. The van der Waals surface area contributed by atoms with E-state index in [0.29, 0.717) is 10.8 Å². The van der Waals surface area contributed by atoms with Gasteiger partial charge in [0.25, 0.3) is 11.8 Å². The molecule has 2 rings (SSSR count). The van der Waals surface area contributed by atoms with Gasteiger partial charge in [0.1, 0.15) is 5.75 Å². The summed E-state index contributed by atoms with van der Waals surface area (Å²) in [4.78, 5) is 23.7. The number of carbonyl (C=O) groups is 2. The highest BCUT2D eigenvalue weighted by atomic mass is 35.5. The van der Waals surface area contributed by atoms with Gasteiger partial charge in [0.15, 0.2) is 6.61 Å². The van der Waals surface area contributed by atoms with Crippen molar-refractivity contribution in [2.24, 2.45) is 0 Å². The molecule has 0 aliphatic heterocycles. The predicted molar refractivity (Wildman–Crippen MR) is 103 cm³/mol. The Kier molecular flexibility index (Phi) is 7.50. The molecule has 2 N–H and O–H groups in total. The maximum absolute atomic E-state index is 12.5. The van der Waals surface area contributed by atoms with Gasteiger partial charge in [-0.05, 0) is 61.4 Å². The van der Waals surface area contributed by atoms with Crippen molar-refractivity contribution in [1.82, 2.24) is 10.6 Å². The van der Waals surface area contributed by atoms with Crippen LogP contribution in [0.4, 0.5) is 13.2 Å². The van der Waals surface area contributed by atoms with Crippen molar-refractivity contribution >= 4 is 23.4 Å². The third kappa shape index (κ3) is 6.67. The first-order valence-electron chi connectivity index (χ1n) is 8.69. The number of amides is 2. The molecular formula is C20H20ClF3N2O3. The molecule has 0 unspecified atom stereocenters. The molecule has 0 atom stereocenters. The number of benzene rings is 2. The highest BCUT2D eigenvalue weighted by Gasteiger charge is 2.30. The third-order valence-electron chi connectivity index (χ3n) is 3.99. The van der Waals surface area contributed by atoms with E-state index in [1.165, 1.54) is 0 Å². The number of hydrogen-bond acceptors (Lipinski definition) is 3. The Morgan fingerprint density at radius 1 is 1.00 bits per heavy atom. The van der Waals surface area contributed by atoms with Crippen LogP contribution < -0.4 is 15.4 Å². The number of aryl methyl sites for hydroxylation is 2. The van der Waals surface area contributed by atoms with Crippen LogP contribution in [0.3, 0.4) is 0 Å². The Morgan fingerprint density at radius 3 is 2.10 bits per heavy atom. The van der Waals surface area contributed by atoms with E-state index in [0.717, 1.165) is 35.4 Å². The first-order chi connectivity index (χ1) is 13.6.